The van der Waals surface area contributed by atoms with Gasteiger partial charge in [-0.3, -0.25) is 10.1 Å². The number of rotatable bonds is 2. The summed E-state index contributed by atoms with van der Waals surface area (Å²) >= 11 is 5.64. The molecule has 0 bridgehead atoms. The summed E-state index contributed by atoms with van der Waals surface area (Å²) in [4.78, 5) is 19.4. The van der Waals surface area contributed by atoms with Crippen LogP contribution in [0, 0.1) is 10.1 Å². The molecule has 0 amide bonds. The number of aliphatic hydroxyl groups is 1. The van der Waals surface area contributed by atoms with E-state index >= 15 is 0 Å². The van der Waals surface area contributed by atoms with Crippen LogP contribution in [0.25, 0.3) is 0 Å². The highest BCUT2D eigenvalue weighted by Gasteiger charge is 2.35. The molecule has 1 N–H and O–H groups in total. The fourth-order valence-corrected chi connectivity index (χ4v) is 1.96. The van der Waals surface area contributed by atoms with Crippen LogP contribution in [-0.4, -0.2) is 38.7 Å². The molecule has 0 radical (unpaired) electrons. The van der Waals surface area contributed by atoms with E-state index in [-0.39, 0.29) is 16.8 Å². The van der Waals surface area contributed by atoms with Gasteiger partial charge in [0.25, 0.3) is 0 Å². The molecule has 1 unspecified atom stereocenters. The number of anilines is 1. The lowest BCUT2D eigenvalue weighted by Gasteiger charge is -2.19. The summed E-state index contributed by atoms with van der Waals surface area (Å²) in [5.41, 5.74) is -1.06. The van der Waals surface area contributed by atoms with Crippen molar-refractivity contribution in [3.05, 3.63) is 21.6 Å². The van der Waals surface area contributed by atoms with Gasteiger partial charge in [0.1, 0.15) is 6.20 Å². The second-order valence-corrected chi connectivity index (χ2v) is 4.61. The standard InChI is InChI=1S/C9H11ClN4O3/c1-9(15)2-3-13(5-9)7-6(14(16)17)4-11-8(10)12-7/h4,15H,2-3,5H2,1H3. The average Bonchev–Trinajstić information content (AvgIpc) is 2.58. The lowest BCUT2D eigenvalue weighted by atomic mass is 10.1. The molecule has 0 aliphatic carbocycles. The molecule has 0 saturated carbocycles. The zero-order valence-corrected chi connectivity index (χ0v) is 9.89. The molecule has 1 aliphatic rings. The van der Waals surface area contributed by atoms with Gasteiger partial charge in [-0.1, -0.05) is 0 Å². The normalized spacial score (nSPS) is 24.1. The van der Waals surface area contributed by atoms with Crippen molar-refractivity contribution >= 4 is 23.1 Å². The van der Waals surface area contributed by atoms with E-state index < -0.39 is 10.5 Å². The van der Waals surface area contributed by atoms with E-state index in [0.717, 1.165) is 6.20 Å². The highest BCUT2D eigenvalue weighted by molar-refractivity contribution is 6.28. The number of β-amino-alcohol motifs (C(OH)–C–C–N with tert-alkyl or cyclic N) is 1. The average molecular weight is 259 g/mol. The molecule has 1 aromatic heterocycles. The van der Waals surface area contributed by atoms with Crippen LogP contribution in [0.1, 0.15) is 13.3 Å². The van der Waals surface area contributed by atoms with Crippen LogP contribution in [0.4, 0.5) is 11.5 Å². The largest absolute Gasteiger partial charge is 0.388 e. The Labute approximate surface area is 102 Å². The lowest BCUT2D eigenvalue weighted by molar-refractivity contribution is -0.384. The summed E-state index contributed by atoms with van der Waals surface area (Å²) in [5.74, 6) is 0.160. The minimum absolute atomic E-state index is 0.0443. The van der Waals surface area contributed by atoms with Crippen LogP contribution in [0.15, 0.2) is 6.20 Å². The summed E-state index contributed by atoms with van der Waals surface area (Å²) in [6, 6.07) is 0. The van der Waals surface area contributed by atoms with E-state index in [1.165, 1.54) is 0 Å². The first kappa shape index (κ1) is 12.0. The summed E-state index contributed by atoms with van der Waals surface area (Å²) < 4.78 is 0. The molecule has 1 saturated heterocycles. The van der Waals surface area contributed by atoms with Crippen molar-refractivity contribution in [2.24, 2.45) is 0 Å². The van der Waals surface area contributed by atoms with Crippen molar-refractivity contribution in [2.75, 3.05) is 18.0 Å². The molecule has 1 aromatic rings. The van der Waals surface area contributed by atoms with Gasteiger partial charge in [0.15, 0.2) is 0 Å². The van der Waals surface area contributed by atoms with Gasteiger partial charge >= 0.3 is 5.69 Å². The molecule has 1 fully saturated rings. The summed E-state index contributed by atoms with van der Waals surface area (Å²) in [6.07, 6.45) is 1.61. The molecule has 17 heavy (non-hydrogen) atoms. The van der Waals surface area contributed by atoms with Gasteiger partial charge in [-0.25, -0.2) is 4.98 Å². The molecular weight excluding hydrogens is 248 g/mol. The predicted molar refractivity (Wildman–Crippen MR) is 61.2 cm³/mol. The van der Waals surface area contributed by atoms with Crippen molar-refractivity contribution in [3.8, 4) is 0 Å². The fourth-order valence-electron chi connectivity index (χ4n) is 1.83. The second kappa shape index (κ2) is 4.08. The Balaban J connectivity index is 2.38. The predicted octanol–water partition coefficient (Wildman–Crippen LogP) is 0.999. The smallest absolute Gasteiger partial charge is 0.329 e. The third-order valence-electron chi connectivity index (χ3n) is 2.67. The van der Waals surface area contributed by atoms with Gasteiger partial charge in [-0.05, 0) is 24.9 Å². The number of aromatic nitrogens is 2. The fraction of sp³-hybridized carbons (Fsp3) is 0.556. The van der Waals surface area contributed by atoms with Crippen LogP contribution in [-0.2, 0) is 0 Å². The number of halogens is 1. The van der Waals surface area contributed by atoms with Gasteiger partial charge in [0, 0.05) is 13.1 Å². The van der Waals surface area contributed by atoms with Gasteiger partial charge in [0.2, 0.25) is 11.1 Å². The molecule has 0 spiro atoms. The van der Waals surface area contributed by atoms with E-state index in [1.54, 1.807) is 11.8 Å². The van der Waals surface area contributed by atoms with E-state index in [1.807, 2.05) is 0 Å². The van der Waals surface area contributed by atoms with Gasteiger partial charge in [0.05, 0.1) is 10.5 Å². The first-order chi connectivity index (χ1) is 7.89. The molecule has 7 nitrogen and oxygen atoms in total. The molecule has 8 heteroatoms. The second-order valence-electron chi connectivity index (χ2n) is 4.27. The number of nitro groups is 1. The van der Waals surface area contributed by atoms with Crippen molar-refractivity contribution in [3.63, 3.8) is 0 Å². The summed E-state index contributed by atoms with van der Waals surface area (Å²) in [6.45, 7) is 2.48. The zero-order chi connectivity index (χ0) is 12.6. The number of nitrogens with zero attached hydrogens (tertiary/aromatic N) is 4. The van der Waals surface area contributed by atoms with Crippen molar-refractivity contribution in [1.29, 1.82) is 0 Å². The molecule has 1 aliphatic heterocycles. The van der Waals surface area contributed by atoms with Gasteiger partial charge < -0.3 is 10.0 Å². The molecule has 2 heterocycles. The maximum Gasteiger partial charge on any atom is 0.329 e. The highest BCUT2D eigenvalue weighted by atomic mass is 35.5. The quantitative estimate of drug-likeness (QED) is 0.483. The van der Waals surface area contributed by atoms with Crippen molar-refractivity contribution < 1.29 is 10.0 Å². The van der Waals surface area contributed by atoms with E-state index in [2.05, 4.69) is 9.97 Å². The SMILES string of the molecule is CC1(O)CCN(c2nc(Cl)ncc2[N+](=O)[O-])C1. The highest BCUT2D eigenvalue weighted by Crippen LogP contribution is 2.31. The Kier molecular flexibility index (Phi) is 2.88. The minimum atomic E-state index is -0.856. The molecular formula is C9H11ClN4O3. The third kappa shape index (κ3) is 2.45. The molecule has 1 atom stereocenters. The number of hydrogen-bond donors (Lipinski definition) is 1. The topological polar surface area (TPSA) is 92.4 Å². The van der Waals surface area contributed by atoms with Gasteiger partial charge in [-0.2, -0.15) is 4.98 Å². The summed E-state index contributed by atoms with van der Waals surface area (Å²) in [5, 5.41) is 20.6. The Morgan fingerprint density at radius 1 is 1.71 bits per heavy atom. The Bertz CT molecular complexity index is 466. The Morgan fingerprint density at radius 2 is 2.41 bits per heavy atom. The van der Waals surface area contributed by atoms with E-state index in [4.69, 9.17) is 11.6 Å². The van der Waals surface area contributed by atoms with Crippen LogP contribution < -0.4 is 4.90 Å². The maximum atomic E-state index is 10.8. The zero-order valence-electron chi connectivity index (χ0n) is 9.13. The van der Waals surface area contributed by atoms with E-state index in [0.29, 0.717) is 19.5 Å². The first-order valence-corrected chi connectivity index (χ1v) is 5.41. The molecule has 0 aromatic carbocycles. The number of hydrogen-bond acceptors (Lipinski definition) is 6. The van der Waals surface area contributed by atoms with Crippen LogP contribution in [0.3, 0.4) is 0 Å². The lowest BCUT2D eigenvalue weighted by Crippen LogP contribution is -2.30. The van der Waals surface area contributed by atoms with Gasteiger partial charge in [-0.15, -0.1) is 0 Å². The first-order valence-electron chi connectivity index (χ1n) is 5.03. The Hall–Kier alpha value is -1.47. The molecule has 92 valence electrons. The van der Waals surface area contributed by atoms with E-state index in [9.17, 15) is 15.2 Å². The minimum Gasteiger partial charge on any atom is -0.388 e. The molecule has 2 rings (SSSR count). The van der Waals surface area contributed by atoms with Crippen molar-refractivity contribution in [1.82, 2.24) is 9.97 Å². The monoisotopic (exact) mass is 258 g/mol. The van der Waals surface area contributed by atoms with Crippen LogP contribution in [0.2, 0.25) is 5.28 Å². The maximum absolute atomic E-state index is 10.8. The van der Waals surface area contributed by atoms with Crippen LogP contribution in [0.5, 0.6) is 0 Å². The van der Waals surface area contributed by atoms with Crippen LogP contribution >= 0.6 is 11.6 Å². The Morgan fingerprint density at radius 3 is 2.94 bits per heavy atom. The summed E-state index contributed by atoms with van der Waals surface area (Å²) in [7, 11) is 0. The van der Waals surface area contributed by atoms with Crippen molar-refractivity contribution in [2.45, 2.75) is 18.9 Å². The third-order valence-corrected chi connectivity index (χ3v) is 2.85.